The van der Waals surface area contributed by atoms with E-state index in [0.29, 0.717) is 38.7 Å². The van der Waals surface area contributed by atoms with Gasteiger partial charge in [-0.3, -0.25) is 4.79 Å². The Morgan fingerprint density at radius 2 is 1.68 bits per heavy atom. The molecule has 2 rings (SSSR count). The summed E-state index contributed by atoms with van der Waals surface area (Å²) in [7, 11) is 0. The summed E-state index contributed by atoms with van der Waals surface area (Å²) in [5.41, 5.74) is 1.71. The van der Waals surface area contributed by atoms with Gasteiger partial charge in [-0.1, -0.05) is 32.0 Å². The monoisotopic (exact) mass is 304 g/mol. The molecule has 0 atom stereocenters. The van der Waals surface area contributed by atoms with E-state index < -0.39 is 0 Å². The Morgan fingerprint density at radius 1 is 1.09 bits per heavy atom. The zero-order valence-corrected chi connectivity index (χ0v) is 13.5. The molecule has 0 saturated carbocycles. The van der Waals surface area contributed by atoms with Crippen LogP contribution < -0.4 is 0 Å². The Labute approximate surface area is 131 Å². The van der Waals surface area contributed by atoms with Crippen LogP contribution in [0.15, 0.2) is 24.3 Å². The molecule has 1 aliphatic rings. The van der Waals surface area contributed by atoms with Crippen LogP contribution in [0.25, 0.3) is 0 Å². The molecule has 0 aromatic heterocycles. The number of benzene rings is 1. The Balaban J connectivity index is 1.88. The van der Waals surface area contributed by atoms with E-state index in [1.54, 1.807) is 9.80 Å². The van der Waals surface area contributed by atoms with E-state index in [9.17, 15) is 9.59 Å². The third-order valence-electron chi connectivity index (χ3n) is 3.74. The fourth-order valence-corrected chi connectivity index (χ4v) is 2.40. The van der Waals surface area contributed by atoms with Crippen molar-refractivity contribution >= 4 is 12.0 Å². The number of hydrogen-bond acceptors (Lipinski definition) is 3. The SMILES string of the molecule is Cc1ccccc1C(=O)N1CCN(C(=O)OCC(C)C)CC1. The highest BCUT2D eigenvalue weighted by atomic mass is 16.6. The average Bonchev–Trinajstić information content (AvgIpc) is 2.52. The van der Waals surface area contributed by atoms with E-state index in [1.807, 2.05) is 45.0 Å². The van der Waals surface area contributed by atoms with Gasteiger partial charge in [0, 0.05) is 31.7 Å². The van der Waals surface area contributed by atoms with Crippen molar-refractivity contribution in [1.82, 2.24) is 9.80 Å². The van der Waals surface area contributed by atoms with Crippen molar-refractivity contribution in [2.45, 2.75) is 20.8 Å². The molecule has 5 nitrogen and oxygen atoms in total. The summed E-state index contributed by atoms with van der Waals surface area (Å²) in [6.07, 6.45) is -0.281. The lowest BCUT2D eigenvalue weighted by Crippen LogP contribution is -2.51. The molecule has 0 bridgehead atoms. The molecule has 22 heavy (non-hydrogen) atoms. The number of rotatable bonds is 3. The summed E-state index contributed by atoms with van der Waals surface area (Å²) in [6, 6.07) is 7.59. The zero-order valence-electron chi connectivity index (χ0n) is 13.5. The first-order chi connectivity index (χ1) is 10.5. The second kappa shape index (κ2) is 7.29. The van der Waals surface area contributed by atoms with Crippen LogP contribution in [-0.4, -0.2) is 54.6 Å². The van der Waals surface area contributed by atoms with Crippen molar-refractivity contribution in [3.63, 3.8) is 0 Å². The predicted molar refractivity (Wildman–Crippen MR) is 84.8 cm³/mol. The largest absolute Gasteiger partial charge is 0.449 e. The molecule has 0 unspecified atom stereocenters. The highest BCUT2D eigenvalue weighted by molar-refractivity contribution is 5.95. The Morgan fingerprint density at radius 3 is 2.27 bits per heavy atom. The summed E-state index contributed by atoms with van der Waals surface area (Å²) in [4.78, 5) is 27.9. The van der Waals surface area contributed by atoms with Crippen LogP contribution in [0.5, 0.6) is 0 Å². The Bertz CT molecular complexity index is 534. The predicted octanol–water partition coefficient (Wildman–Crippen LogP) is 2.55. The van der Waals surface area contributed by atoms with Crippen molar-refractivity contribution in [2.75, 3.05) is 32.8 Å². The van der Waals surface area contributed by atoms with Gasteiger partial charge in [-0.05, 0) is 24.5 Å². The van der Waals surface area contributed by atoms with Crippen LogP contribution in [0.1, 0.15) is 29.8 Å². The second-order valence-electron chi connectivity index (χ2n) is 6.06. The third kappa shape index (κ3) is 4.00. The smallest absolute Gasteiger partial charge is 0.409 e. The Kier molecular flexibility index (Phi) is 5.41. The molecule has 2 amide bonds. The van der Waals surface area contributed by atoms with E-state index in [1.165, 1.54) is 0 Å². The minimum atomic E-state index is -0.281. The molecule has 1 aliphatic heterocycles. The molecule has 5 heteroatoms. The highest BCUT2D eigenvalue weighted by Gasteiger charge is 2.26. The molecule has 0 radical (unpaired) electrons. The van der Waals surface area contributed by atoms with Crippen LogP contribution in [0.2, 0.25) is 0 Å². The molecule has 1 aromatic carbocycles. The van der Waals surface area contributed by atoms with Crippen LogP contribution in [0, 0.1) is 12.8 Å². The summed E-state index contributed by atoms with van der Waals surface area (Å²) >= 11 is 0. The third-order valence-corrected chi connectivity index (χ3v) is 3.74. The maximum Gasteiger partial charge on any atom is 0.409 e. The minimum Gasteiger partial charge on any atom is -0.449 e. The molecule has 120 valence electrons. The van der Waals surface area contributed by atoms with Gasteiger partial charge in [0.2, 0.25) is 0 Å². The summed E-state index contributed by atoms with van der Waals surface area (Å²) in [5, 5.41) is 0. The van der Waals surface area contributed by atoms with Crippen LogP contribution >= 0.6 is 0 Å². The number of nitrogens with zero attached hydrogens (tertiary/aromatic N) is 2. The van der Waals surface area contributed by atoms with E-state index in [4.69, 9.17) is 4.74 Å². The van der Waals surface area contributed by atoms with Crippen LogP contribution in [-0.2, 0) is 4.74 Å². The first kappa shape index (κ1) is 16.3. The molecular weight excluding hydrogens is 280 g/mol. The molecule has 0 N–H and O–H groups in total. The maximum absolute atomic E-state index is 12.5. The maximum atomic E-state index is 12.5. The van der Waals surface area contributed by atoms with Crippen molar-refractivity contribution in [3.8, 4) is 0 Å². The lowest BCUT2D eigenvalue weighted by molar-refractivity contribution is 0.0535. The normalized spacial score (nSPS) is 15.1. The average molecular weight is 304 g/mol. The number of aryl methyl sites for hydroxylation is 1. The van der Waals surface area contributed by atoms with Gasteiger partial charge in [-0.15, -0.1) is 0 Å². The fraction of sp³-hybridized carbons (Fsp3) is 0.529. The summed E-state index contributed by atoms with van der Waals surface area (Å²) in [5.74, 6) is 0.362. The number of piperazine rings is 1. The van der Waals surface area contributed by atoms with E-state index >= 15 is 0 Å². The topological polar surface area (TPSA) is 49.9 Å². The van der Waals surface area contributed by atoms with Gasteiger partial charge in [-0.25, -0.2) is 4.79 Å². The highest BCUT2D eigenvalue weighted by Crippen LogP contribution is 2.13. The van der Waals surface area contributed by atoms with E-state index in [-0.39, 0.29) is 12.0 Å². The number of hydrogen-bond donors (Lipinski definition) is 0. The first-order valence-electron chi connectivity index (χ1n) is 7.75. The second-order valence-corrected chi connectivity index (χ2v) is 6.06. The minimum absolute atomic E-state index is 0.0355. The van der Waals surface area contributed by atoms with Gasteiger partial charge in [0.05, 0.1) is 6.61 Å². The lowest BCUT2D eigenvalue weighted by atomic mass is 10.1. The number of amides is 2. The van der Waals surface area contributed by atoms with Gasteiger partial charge in [0.15, 0.2) is 0 Å². The molecule has 1 aromatic rings. The number of ether oxygens (including phenoxy) is 1. The van der Waals surface area contributed by atoms with Crippen molar-refractivity contribution in [3.05, 3.63) is 35.4 Å². The van der Waals surface area contributed by atoms with Crippen LogP contribution in [0.3, 0.4) is 0 Å². The van der Waals surface area contributed by atoms with Gasteiger partial charge in [0.1, 0.15) is 0 Å². The molecule has 0 spiro atoms. The Hall–Kier alpha value is -2.04. The molecule has 1 fully saturated rings. The quantitative estimate of drug-likeness (QED) is 0.862. The lowest BCUT2D eigenvalue weighted by Gasteiger charge is -2.34. The van der Waals surface area contributed by atoms with Crippen molar-refractivity contribution in [1.29, 1.82) is 0 Å². The van der Waals surface area contributed by atoms with Gasteiger partial charge in [0.25, 0.3) is 5.91 Å². The molecule has 0 aliphatic carbocycles. The summed E-state index contributed by atoms with van der Waals surface area (Å²) in [6.45, 7) is 8.52. The van der Waals surface area contributed by atoms with Gasteiger partial charge in [-0.2, -0.15) is 0 Å². The zero-order chi connectivity index (χ0) is 16.1. The first-order valence-corrected chi connectivity index (χ1v) is 7.75. The van der Waals surface area contributed by atoms with Crippen molar-refractivity contribution in [2.24, 2.45) is 5.92 Å². The van der Waals surface area contributed by atoms with E-state index in [2.05, 4.69) is 0 Å². The molecule has 1 saturated heterocycles. The molecular formula is C17H24N2O3. The van der Waals surface area contributed by atoms with E-state index in [0.717, 1.165) is 11.1 Å². The van der Waals surface area contributed by atoms with Gasteiger partial charge < -0.3 is 14.5 Å². The number of carbonyl (C=O) groups excluding carboxylic acids is 2. The molecule has 1 heterocycles. The van der Waals surface area contributed by atoms with Crippen LogP contribution in [0.4, 0.5) is 4.79 Å². The number of carbonyl (C=O) groups is 2. The fourth-order valence-electron chi connectivity index (χ4n) is 2.40. The van der Waals surface area contributed by atoms with Crippen molar-refractivity contribution < 1.29 is 14.3 Å². The standard InChI is InChI=1S/C17H24N2O3/c1-13(2)12-22-17(21)19-10-8-18(9-11-19)16(20)15-7-5-4-6-14(15)3/h4-7,13H,8-12H2,1-3H3. The van der Waals surface area contributed by atoms with Gasteiger partial charge >= 0.3 is 6.09 Å². The summed E-state index contributed by atoms with van der Waals surface area (Å²) < 4.78 is 5.23.